The average molecular weight is 267 g/mol. The second-order valence-electron chi connectivity index (χ2n) is 4.92. The van der Waals surface area contributed by atoms with E-state index in [0.717, 1.165) is 5.56 Å². The van der Waals surface area contributed by atoms with Crippen LogP contribution in [-0.4, -0.2) is 22.2 Å². The van der Waals surface area contributed by atoms with Crippen LogP contribution in [0.1, 0.15) is 45.6 Å². The molecule has 0 aliphatic heterocycles. The highest BCUT2D eigenvalue weighted by molar-refractivity contribution is 5.49. The topological polar surface area (TPSA) is 72.6 Å². The summed E-state index contributed by atoms with van der Waals surface area (Å²) in [5, 5.41) is 20.8. The van der Waals surface area contributed by atoms with E-state index in [0.29, 0.717) is 6.42 Å². The van der Waals surface area contributed by atoms with Crippen molar-refractivity contribution in [3.63, 3.8) is 0 Å². The Bertz CT molecular complexity index is 445. The Morgan fingerprint density at radius 3 is 2.47 bits per heavy atom. The minimum atomic E-state index is -0.464. The molecular weight excluding hydrogens is 246 g/mol. The fraction of sp³-hybridized carbons (Fsp3) is 0.571. The Morgan fingerprint density at radius 2 is 2.00 bits per heavy atom. The molecule has 0 saturated heterocycles. The van der Waals surface area contributed by atoms with Crippen LogP contribution in [0.15, 0.2) is 18.2 Å². The molecule has 0 saturated carbocycles. The molecular formula is C14H21NO4. The van der Waals surface area contributed by atoms with Crippen LogP contribution in [0.25, 0.3) is 0 Å². The Labute approximate surface area is 113 Å². The normalized spacial score (nSPS) is 14.2. The maximum absolute atomic E-state index is 11.0. The number of hydrogen-bond donors (Lipinski definition) is 1. The van der Waals surface area contributed by atoms with Crippen molar-refractivity contribution in [3.05, 3.63) is 33.9 Å². The number of nitro benzene ring substituents is 1. The predicted octanol–water partition coefficient (Wildman–Crippen LogP) is 3.26. The molecule has 0 amide bonds. The lowest BCUT2D eigenvalue weighted by molar-refractivity contribution is -0.386. The summed E-state index contributed by atoms with van der Waals surface area (Å²) in [4.78, 5) is 10.5. The van der Waals surface area contributed by atoms with E-state index in [1.54, 1.807) is 12.1 Å². The van der Waals surface area contributed by atoms with Crippen molar-refractivity contribution >= 4 is 5.69 Å². The van der Waals surface area contributed by atoms with E-state index in [1.807, 2.05) is 27.7 Å². The maximum atomic E-state index is 11.0. The molecule has 5 heteroatoms. The minimum Gasteiger partial charge on any atom is -0.484 e. The molecule has 1 aromatic rings. The molecule has 0 aliphatic carbocycles. The van der Waals surface area contributed by atoms with Gasteiger partial charge in [0.25, 0.3) is 0 Å². The zero-order valence-electron chi connectivity index (χ0n) is 11.8. The molecule has 1 N–H and O–H groups in total. The standard InChI is InChI=1S/C14H21NO4/c1-5-13(16)10(4)11-6-7-12(15(17)18)14(8-11)19-9(2)3/h6-10,13,16H,5H2,1-4H3. The van der Waals surface area contributed by atoms with Gasteiger partial charge in [0, 0.05) is 12.0 Å². The van der Waals surface area contributed by atoms with Gasteiger partial charge in [-0.1, -0.05) is 19.9 Å². The van der Waals surface area contributed by atoms with Crippen LogP contribution in [0.3, 0.4) is 0 Å². The van der Waals surface area contributed by atoms with Crippen LogP contribution in [-0.2, 0) is 0 Å². The highest BCUT2D eigenvalue weighted by atomic mass is 16.6. The van der Waals surface area contributed by atoms with Gasteiger partial charge < -0.3 is 9.84 Å². The predicted molar refractivity (Wildman–Crippen MR) is 73.6 cm³/mol. The fourth-order valence-electron chi connectivity index (χ4n) is 1.89. The fourth-order valence-corrected chi connectivity index (χ4v) is 1.89. The zero-order chi connectivity index (χ0) is 14.6. The van der Waals surface area contributed by atoms with Crippen LogP contribution in [0, 0.1) is 10.1 Å². The van der Waals surface area contributed by atoms with Crippen LogP contribution in [0.5, 0.6) is 5.75 Å². The number of hydrogen-bond acceptors (Lipinski definition) is 4. The zero-order valence-corrected chi connectivity index (χ0v) is 11.8. The van der Waals surface area contributed by atoms with Crippen molar-refractivity contribution < 1.29 is 14.8 Å². The smallest absolute Gasteiger partial charge is 0.310 e. The number of nitrogens with zero attached hydrogens (tertiary/aromatic N) is 1. The van der Waals surface area contributed by atoms with Gasteiger partial charge >= 0.3 is 5.69 Å². The Kier molecular flexibility index (Phi) is 5.30. The number of benzene rings is 1. The molecule has 2 atom stereocenters. The number of aliphatic hydroxyl groups is 1. The molecule has 1 rings (SSSR count). The first kappa shape index (κ1) is 15.4. The maximum Gasteiger partial charge on any atom is 0.310 e. The summed E-state index contributed by atoms with van der Waals surface area (Å²) in [7, 11) is 0. The summed E-state index contributed by atoms with van der Waals surface area (Å²) in [5.41, 5.74) is 0.797. The monoisotopic (exact) mass is 267 g/mol. The number of rotatable bonds is 6. The second-order valence-corrected chi connectivity index (χ2v) is 4.92. The largest absolute Gasteiger partial charge is 0.484 e. The summed E-state index contributed by atoms with van der Waals surface area (Å²) in [6, 6.07) is 4.77. The number of aliphatic hydroxyl groups excluding tert-OH is 1. The summed E-state index contributed by atoms with van der Waals surface area (Å²) < 4.78 is 5.49. The highest BCUT2D eigenvalue weighted by Gasteiger charge is 2.21. The van der Waals surface area contributed by atoms with E-state index in [-0.39, 0.29) is 23.5 Å². The molecule has 106 valence electrons. The van der Waals surface area contributed by atoms with Crippen molar-refractivity contribution in [2.45, 2.75) is 52.2 Å². The van der Waals surface area contributed by atoms with E-state index in [9.17, 15) is 15.2 Å². The number of nitro groups is 1. The van der Waals surface area contributed by atoms with Gasteiger partial charge in [-0.05, 0) is 31.9 Å². The van der Waals surface area contributed by atoms with Gasteiger partial charge in [-0.15, -0.1) is 0 Å². The quantitative estimate of drug-likeness (QED) is 0.634. The third kappa shape index (κ3) is 3.92. The van der Waals surface area contributed by atoms with Gasteiger partial charge in [0.15, 0.2) is 5.75 Å². The lowest BCUT2D eigenvalue weighted by Crippen LogP contribution is -2.15. The summed E-state index contributed by atoms with van der Waals surface area (Å²) >= 11 is 0. The first-order valence-corrected chi connectivity index (χ1v) is 6.49. The molecule has 1 aromatic carbocycles. The van der Waals surface area contributed by atoms with Crippen LogP contribution < -0.4 is 4.74 Å². The van der Waals surface area contributed by atoms with Gasteiger partial charge in [-0.3, -0.25) is 10.1 Å². The van der Waals surface area contributed by atoms with Gasteiger partial charge in [-0.25, -0.2) is 0 Å². The highest BCUT2D eigenvalue weighted by Crippen LogP contribution is 2.32. The van der Waals surface area contributed by atoms with Gasteiger partial charge in [-0.2, -0.15) is 0 Å². The van der Waals surface area contributed by atoms with Crippen molar-refractivity contribution in [2.24, 2.45) is 0 Å². The average Bonchev–Trinajstić information content (AvgIpc) is 2.35. The molecule has 0 bridgehead atoms. The first-order valence-electron chi connectivity index (χ1n) is 6.49. The molecule has 2 unspecified atom stereocenters. The number of ether oxygens (including phenoxy) is 1. The van der Waals surface area contributed by atoms with E-state index < -0.39 is 11.0 Å². The van der Waals surface area contributed by atoms with Gasteiger partial charge in [0.1, 0.15) is 0 Å². The van der Waals surface area contributed by atoms with Crippen LogP contribution >= 0.6 is 0 Å². The first-order chi connectivity index (χ1) is 8.86. The summed E-state index contributed by atoms with van der Waals surface area (Å²) in [6.45, 7) is 7.44. The SMILES string of the molecule is CCC(O)C(C)c1ccc([N+](=O)[O-])c(OC(C)C)c1. The molecule has 0 heterocycles. The van der Waals surface area contributed by atoms with Crippen molar-refractivity contribution in [1.29, 1.82) is 0 Å². The van der Waals surface area contributed by atoms with Crippen molar-refractivity contribution in [2.75, 3.05) is 0 Å². The Balaban J connectivity index is 3.14. The molecule has 0 aromatic heterocycles. The van der Waals surface area contributed by atoms with E-state index in [2.05, 4.69) is 0 Å². The van der Waals surface area contributed by atoms with Gasteiger partial charge in [0.05, 0.1) is 17.1 Å². The van der Waals surface area contributed by atoms with E-state index in [4.69, 9.17) is 4.74 Å². The Morgan fingerprint density at radius 1 is 1.37 bits per heavy atom. The summed E-state index contributed by atoms with van der Waals surface area (Å²) in [6.07, 6.45) is 0.0344. The van der Waals surface area contributed by atoms with Crippen LogP contribution in [0.4, 0.5) is 5.69 Å². The molecule has 0 aliphatic rings. The van der Waals surface area contributed by atoms with E-state index >= 15 is 0 Å². The summed E-state index contributed by atoms with van der Waals surface area (Å²) in [5.74, 6) is 0.174. The lowest BCUT2D eigenvalue weighted by atomic mass is 9.93. The lowest BCUT2D eigenvalue weighted by Gasteiger charge is -2.19. The molecule has 0 radical (unpaired) electrons. The molecule has 0 fully saturated rings. The Hall–Kier alpha value is -1.62. The van der Waals surface area contributed by atoms with Crippen LogP contribution in [0.2, 0.25) is 0 Å². The van der Waals surface area contributed by atoms with E-state index in [1.165, 1.54) is 6.07 Å². The minimum absolute atomic E-state index is 0.0457. The molecule has 19 heavy (non-hydrogen) atoms. The van der Waals surface area contributed by atoms with Crippen molar-refractivity contribution in [3.8, 4) is 5.75 Å². The molecule has 5 nitrogen and oxygen atoms in total. The second kappa shape index (κ2) is 6.52. The third-order valence-electron chi connectivity index (χ3n) is 3.06. The molecule has 0 spiro atoms. The van der Waals surface area contributed by atoms with Crippen molar-refractivity contribution in [1.82, 2.24) is 0 Å². The van der Waals surface area contributed by atoms with Gasteiger partial charge in [0.2, 0.25) is 0 Å². The third-order valence-corrected chi connectivity index (χ3v) is 3.06.